The number of H-pyrrole nitrogens is 1. The summed E-state index contributed by atoms with van der Waals surface area (Å²) < 4.78 is 0. The zero-order chi connectivity index (χ0) is 15.2. The second-order valence-electron chi connectivity index (χ2n) is 5.93. The van der Waals surface area contributed by atoms with Crippen LogP contribution in [0.2, 0.25) is 0 Å². The van der Waals surface area contributed by atoms with E-state index in [1.807, 2.05) is 23.1 Å². The summed E-state index contributed by atoms with van der Waals surface area (Å²) in [5.41, 5.74) is 13.6. The van der Waals surface area contributed by atoms with Gasteiger partial charge in [0.1, 0.15) is 5.66 Å². The van der Waals surface area contributed by atoms with Crippen molar-refractivity contribution in [2.45, 2.75) is 37.8 Å². The molecule has 7 heteroatoms. The molecule has 0 saturated heterocycles. The zero-order valence-corrected chi connectivity index (χ0v) is 12.3. The van der Waals surface area contributed by atoms with Crippen LogP contribution in [0.5, 0.6) is 0 Å². The predicted molar refractivity (Wildman–Crippen MR) is 87.6 cm³/mol. The standard InChI is InChI=1S/C15H19N7/c16-13-19-14(17)22(15(20-13)7-2-1-3-8-15)11-6-4-5-10-9-18-21-12(10)11/h4-6,9H,1-3,7-8H2,(H,18,21)(H4,16,17,19,20). The first-order valence-corrected chi connectivity index (χ1v) is 7.61. The van der Waals surface area contributed by atoms with Crippen LogP contribution < -0.4 is 16.4 Å². The van der Waals surface area contributed by atoms with Gasteiger partial charge >= 0.3 is 0 Å². The lowest BCUT2D eigenvalue weighted by molar-refractivity contribution is 0.306. The molecule has 2 aromatic rings. The highest BCUT2D eigenvalue weighted by molar-refractivity contribution is 6.09. The molecule has 114 valence electrons. The van der Waals surface area contributed by atoms with Gasteiger partial charge in [0, 0.05) is 5.39 Å². The lowest BCUT2D eigenvalue weighted by Crippen LogP contribution is -2.58. The van der Waals surface area contributed by atoms with E-state index >= 15 is 0 Å². The maximum Gasteiger partial charge on any atom is 0.220 e. The monoisotopic (exact) mass is 297 g/mol. The number of aromatic amines is 1. The number of anilines is 1. The van der Waals surface area contributed by atoms with Crippen LogP contribution in [-0.2, 0) is 0 Å². The SMILES string of the molecule is NC1=NC2(CCCCC2)N(c2cccc3cn[nH]c23)C(N)=N1. The van der Waals surface area contributed by atoms with Crippen molar-refractivity contribution in [2.75, 3.05) is 4.90 Å². The second kappa shape index (κ2) is 4.72. The Labute approximate surface area is 128 Å². The molecule has 2 heterocycles. The molecule has 0 amide bonds. The van der Waals surface area contributed by atoms with Gasteiger partial charge in [0.25, 0.3) is 0 Å². The lowest BCUT2D eigenvalue weighted by atomic mass is 9.87. The fraction of sp³-hybridized carbons (Fsp3) is 0.400. The number of guanidine groups is 2. The molecule has 1 spiro atoms. The van der Waals surface area contributed by atoms with Crippen LogP contribution in [0.3, 0.4) is 0 Å². The molecule has 0 bridgehead atoms. The maximum atomic E-state index is 6.25. The molecule has 1 aromatic carbocycles. The zero-order valence-electron chi connectivity index (χ0n) is 12.3. The number of nitrogens with zero attached hydrogens (tertiary/aromatic N) is 4. The molecule has 2 aliphatic rings. The van der Waals surface area contributed by atoms with Crippen molar-refractivity contribution < 1.29 is 0 Å². The molecule has 0 unspecified atom stereocenters. The third kappa shape index (κ3) is 1.85. The fourth-order valence-electron chi connectivity index (χ4n) is 3.61. The van der Waals surface area contributed by atoms with Gasteiger partial charge in [0.05, 0.1) is 17.4 Å². The molecule has 22 heavy (non-hydrogen) atoms. The van der Waals surface area contributed by atoms with Crippen LogP contribution in [0.1, 0.15) is 32.1 Å². The first-order chi connectivity index (χ1) is 10.7. The van der Waals surface area contributed by atoms with Crippen LogP contribution in [-0.4, -0.2) is 27.8 Å². The molecular weight excluding hydrogens is 278 g/mol. The number of aromatic nitrogens is 2. The van der Waals surface area contributed by atoms with Crippen molar-refractivity contribution in [3.8, 4) is 0 Å². The number of rotatable bonds is 1. The molecule has 7 nitrogen and oxygen atoms in total. The molecule has 1 fully saturated rings. The van der Waals surface area contributed by atoms with Crippen molar-refractivity contribution in [3.05, 3.63) is 24.4 Å². The Morgan fingerprint density at radius 3 is 2.77 bits per heavy atom. The summed E-state index contributed by atoms with van der Waals surface area (Å²) in [6.07, 6.45) is 7.10. The van der Waals surface area contributed by atoms with Gasteiger partial charge in [-0.05, 0) is 31.7 Å². The van der Waals surface area contributed by atoms with E-state index in [2.05, 4.69) is 15.2 Å². The quantitative estimate of drug-likeness (QED) is 0.744. The fourth-order valence-corrected chi connectivity index (χ4v) is 3.61. The number of benzene rings is 1. The molecule has 4 rings (SSSR count). The Balaban J connectivity index is 1.91. The topological polar surface area (TPSA) is 109 Å². The van der Waals surface area contributed by atoms with Crippen LogP contribution in [0.15, 0.2) is 34.4 Å². The summed E-state index contributed by atoms with van der Waals surface area (Å²) in [5, 5.41) is 8.24. The highest BCUT2D eigenvalue weighted by atomic mass is 15.4. The maximum absolute atomic E-state index is 6.25. The van der Waals surface area contributed by atoms with E-state index in [0.717, 1.165) is 42.3 Å². The average Bonchev–Trinajstić information content (AvgIpc) is 2.96. The molecule has 1 aliphatic heterocycles. The van der Waals surface area contributed by atoms with Gasteiger partial charge in [-0.15, -0.1) is 0 Å². The normalized spacial score (nSPS) is 21.0. The van der Waals surface area contributed by atoms with Gasteiger partial charge in [-0.25, -0.2) is 4.99 Å². The number of para-hydroxylation sites is 1. The van der Waals surface area contributed by atoms with Gasteiger partial charge in [0.2, 0.25) is 11.9 Å². The first-order valence-electron chi connectivity index (χ1n) is 7.61. The van der Waals surface area contributed by atoms with Crippen LogP contribution in [0.25, 0.3) is 10.9 Å². The summed E-state index contributed by atoms with van der Waals surface area (Å²) in [7, 11) is 0. The number of nitrogens with one attached hydrogen (secondary N) is 1. The van der Waals surface area contributed by atoms with Crippen molar-refractivity contribution in [1.82, 2.24) is 10.2 Å². The van der Waals surface area contributed by atoms with Gasteiger partial charge in [-0.3, -0.25) is 10.00 Å². The molecular formula is C15H19N7. The Kier molecular flexibility index (Phi) is 2.82. The van der Waals surface area contributed by atoms with E-state index in [1.54, 1.807) is 6.20 Å². The van der Waals surface area contributed by atoms with Gasteiger partial charge in [0.15, 0.2) is 0 Å². The number of fused-ring (bicyclic) bond motifs is 1. The van der Waals surface area contributed by atoms with E-state index in [9.17, 15) is 0 Å². The minimum atomic E-state index is -0.423. The third-order valence-corrected chi connectivity index (χ3v) is 4.55. The Hall–Kier alpha value is -2.57. The van der Waals surface area contributed by atoms with Gasteiger partial charge in [-0.1, -0.05) is 18.6 Å². The summed E-state index contributed by atoms with van der Waals surface area (Å²) in [4.78, 5) is 10.9. The van der Waals surface area contributed by atoms with Crippen LogP contribution >= 0.6 is 0 Å². The Morgan fingerprint density at radius 1 is 1.14 bits per heavy atom. The summed E-state index contributed by atoms with van der Waals surface area (Å²) in [6, 6.07) is 6.04. The summed E-state index contributed by atoms with van der Waals surface area (Å²) >= 11 is 0. The molecule has 0 radical (unpaired) electrons. The van der Waals surface area contributed by atoms with E-state index in [-0.39, 0.29) is 5.96 Å². The van der Waals surface area contributed by atoms with E-state index in [0.29, 0.717) is 5.96 Å². The number of hydrogen-bond donors (Lipinski definition) is 3. The van der Waals surface area contributed by atoms with E-state index < -0.39 is 5.66 Å². The largest absolute Gasteiger partial charge is 0.369 e. The van der Waals surface area contributed by atoms with Crippen molar-refractivity contribution in [1.29, 1.82) is 0 Å². The Morgan fingerprint density at radius 2 is 1.95 bits per heavy atom. The van der Waals surface area contributed by atoms with E-state index in [1.165, 1.54) is 6.42 Å². The number of hydrogen-bond acceptors (Lipinski definition) is 6. The lowest BCUT2D eigenvalue weighted by Gasteiger charge is -2.45. The highest BCUT2D eigenvalue weighted by Gasteiger charge is 2.43. The molecule has 1 aromatic heterocycles. The smallest absolute Gasteiger partial charge is 0.220 e. The average molecular weight is 297 g/mol. The van der Waals surface area contributed by atoms with Crippen LogP contribution in [0, 0.1) is 0 Å². The van der Waals surface area contributed by atoms with Crippen LogP contribution in [0.4, 0.5) is 5.69 Å². The molecule has 1 aliphatic carbocycles. The number of aliphatic imine (C=N–C) groups is 2. The second-order valence-corrected chi connectivity index (χ2v) is 5.93. The third-order valence-electron chi connectivity index (χ3n) is 4.55. The first kappa shape index (κ1) is 13.1. The van der Waals surface area contributed by atoms with Gasteiger partial charge in [-0.2, -0.15) is 10.1 Å². The number of nitrogens with two attached hydrogens (primary N) is 2. The Bertz CT molecular complexity index is 767. The van der Waals surface area contributed by atoms with Gasteiger partial charge < -0.3 is 11.5 Å². The highest BCUT2D eigenvalue weighted by Crippen LogP contribution is 2.41. The summed E-state index contributed by atoms with van der Waals surface area (Å²) in [6.45, 7) is 0. The van der Waals surface area contributed by atoms with Crippen molar-refractivity contribution in [2.24, 2.45) is 21.5 Å². The molecule has 0 atom stereocenters. The van der Waals surface area contributed by atoms with Crippen molar-refractivity contribution >= 4 is 28.5 Å². The minimum Gasteiger partial charge on any atom is -0.369 e. The molecule has 5 N–H and O–H groups in total. The van der Waals surface area contributed by atoms with Crippen molar-refractivity contribution in [3.63, 3.8) is 0 Å². The predicted octanol–water partition coefficient (Wildman–Crippen LogP) is 1.67. The minimum absolute atomic E-state index is 0.271. The van der Waals surface area contributed by atoms with E-state index in [4.69, 9.17) is 16.5 Å². The summed E-state index contributed by atoms with van der Waals surface area (Å²) in [5.74, 6) is 0.670. The molecule has 1 saturated carbocycles.